The first-order valence-electron chi connectivity index (χ1n) is 8.00. The monoisotopic (exact) mass is 336 g/mol. The van der Waals surface area contributed by atoms with Gasteiger partial charge in [-0.1, -0.05) is 47.7 Å². The van der Waals surface area contributed by atoms with Gasteiger partial charge in [0.2, 0.25) is 0 Å². The molecule has 0 aliphatic rings. The Morgan fingerprint density at radius 2 is 1.88 bits per heavy atom. The highest BCUT2D eigenvalue weighted by atomic mass is 16.5. The third-order valence-corrected chi connectivity index (χ3v) is 3.87. The molecule has 3 rings (SSSR count). The van der Waals surface area contributed by atoms with Crippen molar-refractivity contribution in [1.82, 2.24) is 15.0 Å². The third kappa shape index (κ3) is 4.10. The van der Waals surface area contributed by atoms with E-state index in [2.05, 4.69) is 15.6 Å². The van der Waals surface area contributed by atoms with Gasteiger partial charge in [0.15, 0.2) is 5.69 Å². The molecular weight excluding hydrogens is 316 g/mol. The van der Waals surface area contributed by atoms with E-state index < -0.39 is 0 Å². The van der Waals surface area contributed by atoms with Crippen LogP contribution in [0.1, 0.15) is 27.3 Å². The third-order valence-electron chi connectivity index (χ3n) is 3.87. The lowest BCUT2D eigenvalue weighted by atomic mass is 10.2. The standard InChI is InChI=1S/C19H20N4O2/c1-14-18(21-22-23(14)12-15-7-4-3-5-8-15)19(24)20-17-10-6-9-16(11-17)13-25-2/h3-11H,12-13H2,1-2H3,(H,20,24). The van der Waals surface area contributed by atoms with Crippen molar-refractivity contribution < 1.29 is 9.53 Å². The van der Waals surface area contributed by atoms with Crippen molar-refractivity contribution in [2.75, 3.05) is 12.4 Å². The van der Waals surface area contributed by atoms with Crippen molar-refractivity contribution in [2.45, 2.75) is 20.1 Å². The number of benzene rings is 2. The second kappa shape index (κ2) is 7.72. The number of amides is 1. The fraction of sp³-hybridized carbons (Fsp3) is 0.211. The van der Waals surface area contributed by atoms with Crippen LogP contribution in [0.3, 0.4) is 0 Å². The van der Waals surface area contributed by atoms with Crippen LogP contribution in [-0.2, 0) is 17.9 Å². The number of nitrogens with one attached hydrogen (secondary N) is 1. The van der Waals surface area contributed by atoms with Crippen LogP contribution >= 0.6 is 0 Å². The van der Waals surface area contributed by atoms with Gasteiger partial charge in [0.1, 0.15) is 0 Å². The predicted molar refractivity (Wildman–Crippen MR) is 95.4 cm³/mol. The molecule has 0 radical (unpaired) electrons. The van der Waals surface area contributed by atoms with Gasteiger partial charge in [-0.25, -0.2) is 4.68 Å². The highest BCUT2D eigenvalue weighted by molar-refractivity contribution is 6.03. The number of hydrogen-bond donors (Lipinski definition) is 1. The minimum Gasteiger partial charge on any atom is -0.380 e. The molecule has 25 heavy (non-hydrogen) atoms. The van der Waals surface area contributed by atoms with Gasteiger partial charge in [-0.05, 0) is 30.2 Å². The van der Waals surface area contributed by atoms with Crippen LogP contribution < -0.4 is 5.32 Å². The summed E-state index contributed by atoms with van der Waals surface area (Å²) in [5.74, 6) is -0.272. The van der Waals surface area contributed by atoms with Crippen molar-refractivity contribution in [3.8, 4) is 0 Å². The smallest absolute Gasteiger partial charge is 0.278 e. The zero-order chi connectivity index (χ0) is 17.6. The summed E-state index contributed by atoms with van der Waals surface area (Å²) in [6.45, 7) is 2.92. The molecule has 1 N–H and O–H groups in total. The molecule has 0 bridgehead atoms. The van der Waals surface area contributed by atoms with Gasteiger partial charge in [0.05, 0.1) is 18.8 Å². The van der Waals surface area contributed by atoms with Gasteiger partial charge in [0.25, 0.3) is 5.91 Å². The maximum absolute atomic E-state index is 12.5. The largest absolute Gasteiger partial charge is 0.380 e. The van der Waals surface area contributed by atoms with E-state index in [4.69, 9.17) is 4.74 Å². The first-order chi connectivity index (χ1) is 12.2. The topological polar surface area (TPSA) is 69.0 Å². The summed E-state index contributed by atoms with van der Waals surface area (Å²) in [4.78, 5) is 12.5. The van der Waals surface area contributed by atoms with Crippen molar-refractivity contribution in [3.63, 3.8) is 0 Å². The predicted octanol–water partition coefficient (Wildman–Crippen LogP) is 3.03. The van der Waals surface area contributed by atoms with E-state index >= 15 is 0 Å². The summed E-state index contributed by atoms with van der Waals surface area (Å²) in [5.41, 5.74) is 3.86. The Hall–Kier alpha value is -2.99. The normalized spacial score (nSPS) is 10.6. The lowest BCUT2D eigenvalue weighted by Gasteiger charge is -2.07. The van der Waals surface area contributed by atoms with Crippen LogP contribution in [0.15, 0.2) is 54.6 Å². The molecule has 0 aliphatic heterocycles. The van der Waals surface area contributed by atoms with Crippen molar-refractivity contribution >= 4 is 11.6 Å². The molecule has 3 aromatic rings. The second-order valence-electron chi connectivity index (χ2n) is 5.75. The number of carbonyl (C=O) groups is 1. The summed E-state index contributed by atoms with van der Waals surface area (Å²) in [7, 11) is 1.64. The van der Waals surface area contributed by atoms with Crippen LogP contribution in [-0.4, -0.2) is 28.0 Å². The van der Waals surface area contributed by atoms with Gasteiger partial charge in [0, 0.05) is 12.8 Å². The molecule has 0 fully saturated rings. The van der Waals surface area contributed by atoms with Crippen LogP contribution in [0.4, 0.5) is 5.69 Å². The van der Waals surface area contributed by atoms with Gasteiger partial charge in [-0.15, -0.1) is 5.10 Å². The number of hydrogen-bond acceptors (Lipinski definition) is 4. The quantitative estimate of drug-likeness (QED) is 0.751. The number of methoxy groups -OCH3 is 1. The first-order valence-corrected chi connectivity index (χ1v) is 8.00. The van der Waals surface area contributed by atoms with E-state index in [1.807, 2.05) is 61.5 Å². The summed E-state index contributed by atoms with van der Waals surface area (Å²) in [5, 5.41) is 11.0. The average molecular weight is 336 g/mol. The fourth-order valence-corrected chi connectivity index (χ4v) is 2.57. The van der Waals surface area contributed by atoms with E-state index in [1.54, 1.807) is 11.8 Å². The minimum absolute atomic E-state index is 0.272. The minimum atomic E-state index is -0.272. The van der Waals surface area contributed by atoms with Crippen molar-refractivity contribution in [3.05, 3.63) is 77.1 Å². The molecule has 6 nitrogen and oxygen atoms in total. The number of carbonyl (C=O) groups excluding carboxylic acids is 1. The average Bonchev–Trinajstić information content (AvgIpc) is 2.97. The molecule has 0 unspecified atom stereocenters. The number of anilines is 1. The molecule has 0 aliphatic carbocycles. The van der Waals surface area contributed by atoms with Crippen molar-refractivity contribution in [1.29, 1.82) is 0 Å². The van der Waals surface area contributed by atoms with E-state index in [9.17, 15) is 4.79 Å². The lowest BCUT2D eigenvalue weighted by molar-refractivity contribution is 0.102. The Bertz CT molecular complexity index is 859. The number of aromatic nitrogens is 3. The Morgan fingerprint density at radius 1 is 1.12 bits per heavy atom. The highest BCUT2D eigenvalue weighted by Crippen LogP contribution is 2.14. The number of rotatable bonds is 6. The Balaban J connectivity index is 1.73. The summed E-state index contributed by atoms with van der Waals surface area (Å²) in [6, 6.07) is 17.5. The van der Waals surface area contributed by atoms with E-state index in [0.29, 0.717) is 24.5 Å². The maximum Gasteiger partial charge on any atom is 0.278 e. The zero-order valence-electron chi connectivity index (χ0n) is 14.3. The van der Waals surface area contributed by atoms with Crippen LogP contribution in [0, 0.1) is 6.92 Å². The Morgan fingerprint density at radius 3 is 2.64 bits per heavy atom. The number of ether oxygens (including phenoxy) is 1. The van der Waals surface area contributed by atoms with Gasteiger partial charge >= 0.3 is 0 Å². The Kier molecular flexibility index (Phi) is 5.20. The molecule has 2 aromatic carbocycles. The molecule has 6 heteroatoms. The Labute approximate surface area is 146 Å². The SMILES string of the molecule is COCc1cccc(NC(=O)c2nnn(Cc3ccccc3)c2C)c1. The summed E-state index contributed by atoms with van der Waals surface area (Å²) in [6.07, 6.45) is 0. The van der Waals surface area contributed by atoms with E-state index in [1.165, 1.54) is 0 Å². The first kappa shape index (κ1) is 16.9. The molecule has 0 spiro atoms. The van der Waals surface area contributed by atoms with Crippen LogP contribution in [0.25, 0.3) is 0 Å². The van der Waals surface area contributed by atoms with Crippen LogP contribution in [0.5, 0.6) is 0 Å². The summed E-state index contributed by atoms with van der Waals surface area (Å²) < 4.78 is 6.84. The fourth-order valence-electron chi connectivity index (χ4n) is 2.57. The maximum atomic E-state index is 12.5. The van der Waals surface area contributed by atoms with Crippen LogP contribution in [0.2, 0.25) is 0 Å². The number of nitrogens with zero attached hydrogens (tertiary/aromatic N) is 3. The molecule has 128 valence electrons. The van der Waals surface area contributed by atoms with E-state index in [0.717, 1.165) is 16.8 Å². The molecule has 1 amide bonds. The zero-order valence-corrected chi connectivity index (χ0v) is 14.3. The lowest BCUT2D eigenvalue weighted by Crippen LogP contribution is -2.14. The molecular formula is C19H20N4O2. The van der Waals surface area contributed by atoms with Crippen molar-refractivity contribution in [2.24, 2.45) is 0 Å². The summed E-state index contributed by atoms with van der Waals surface area (Å²) >= 11 is 0. The second-order valence-corrected chi connectivity index (χ2v) is 5.75. The molecule has 1 aromatic heterocycles. The molecule has 0 saturated heterocycles. The molecule has 0 saturated carbocycles. The van der Waals surface area contributed by atoms with E-state index in [-0.39, 0.29) is 5.91 Å². The van der Waals surface area contributed by atoms with Gasteiger partial charge < -0.3 is 10.1 Å². The molecule has 1 heterocycles. The highest BCUT2D eigenvalue weighted by Gasteiger charge is 2.17. The molecule has 0 atom stereocenters. The van der Waals surface area contributed by atoms with Gasteiger partial charge in [-0.3, -0.25) is 4.79 Å². The van der Waals surface area contributed by atoms with Gasteiger partial charge in [-0.2, -0.15) is 0 Å².